The van der Waals surface area contributed by atoms with Gasteiger partial charge in [-0.25, -0.2) is 0 Å². The third kappa shape index (κ3) is 2.37. The van der Waals surface area contributed by atoms with Crippen LogP contribution in [0.5, 0.6) is 0 Å². The molecule has 2 rings (SSSR count). The van der Waals surface area contributed by atoms with Gasteiger partial charge in [-0.15, -0.1) is 0 Å². The molecule has 0 aromatic heterocycles. The van der Waals surface area contributed by atoms with E-state index < -0.39 is 0 Å². The second-order valence-electron chi connectivity index (χ2n) is 4.70. The molecule has 2 heteroatoms. The van der Waals surface area contributed by atoms with Gasteiger partial charge in [-0.1, -0.05) is 28.1 Å². The van der Waals surface area contributed by atoms with E-state index in [1.54, 1.807) is 0 Å². The summed E-state index contributed by atoms with van der Waals surface area (Å²) < 4.78 is 2.52. The lowest BCUT2D eigenvalue weighted by Gasteiger charge is -2.18. The van der Waals surface area contributed by atoms with Gasteiger partial charge in [-0.2, -0.15) is 0 Å². The molecule has 0 aliphatic heterocycles. The fourth-order valence-corrected chi connectivity index (χ4v) is 3.27. The van der Waals surface area contributed by atoms with Gasteiger partial charge in [0.2, 0.25) is 0 Å². The van der Waals surface area contributed by atoms with Crippen LogP contribution in [-0.4, -0.2) is 0 Å². The van der Waals surface area contributed by atoms with Gasteiger partial charge in [0.25, 0.3) is 0 Å². The fraction of sp³-hybridized carbons (Fsp3) is 0.250. The molecule has 0 amide bonds. The maximum Gasteiger partial charge on any atom is 0.0239 e. The third-order valence-corrected chi connectivity index (χ3v) is 5.58. The minimum absolute atomic E-state index is 1.24. The first-order valence-electron chi connectivity index (χ1n) is 5.95. The number of benzene rings is 2. The predicted molar refractivity (Wildman–Crippen MR) is 91.2 cm³/mol. The van der Waals surface area contributed by atoms with E-state index in [9.17, 15) is 0 Å². The Morgan fingerprint density at radius 1 is 0.778 bits per heavy atom. The first kappa shape index (κ1) is 14.1. The van der Waals surface area contributed by atoms with Crippen molar-refractivity contribution < 1.29 is 0 Å². The molecule has 0 spiro atoms. The van der Waals surface area contributed by atoms with E-state index in [-0.39, 0.29) is 0 Å². The minimum atomic E-state index is 1.24. The van der Waals surface area contributed by atoms with E-state index in [0.717, 1.165) is 0 Å². The highest BCUT2D eigenvalue weighted by Crippen LogP contribution is 2.36. The lowest BCUT2D eigenvalue weighted by molar-refractivity contribution is 1.22. The molecule has 0 fully saturated rings. The second kappa shape index (κ2) is 5.33. The van der Waals surface area contributed by atoms with Gasteiger partial charge in [0.05, 0.1) is 0 Å². The van der Waals surface area contributed by atoms with Crippen LogP contribution in [0.1, 0.15) is 22.3 Å². The summed E-state index contributed by atoms with van der Waals surface area (Å²) in [5, 5.41) is 0. The largest absolute Gasteiger partial charge is 0.0533 e. The van der Waals surface area contributed by atoms with E-state index in [0.29, 0.717) is 0 Å². The summed E-state index contributed by atoms with van der Waals surface area (Å²) in [5.74, 6) is 0. The van der Waals surface area contributed by atoms with Gasteiger partial charge in [0.15, 0.2) is 0 Å². The van der Waals surface area contributed by atoms with Crippen LogP contribution in [0.15, 0.2) is 28.7 Å². The lowest BCUT2D eigenvalue weighted by atomic mass is 9.90. The molecular weight excluding hydrogens is 399 g/mol. The van der Waals surface area contributed by atoms with Crippen LogP contribution >= 0.6 is 38.5 Å². The summed E-state index contributed by atoms with van der Waals surface area (Å²) in [6.07, 6.45) is 0. The SMILES string of the molecule is Cc1c(C)c(-c2ccc(I)cc2)c(C)c(C)c1Br. The lowest BCUT2D eigenvalue weighted by Crippen LogP contribution is -1.97. The zero-order chi connectivity index (χ0) is 13.4. The van der Waals surface area contributed by atoms with Crippen LogP contribution in [0.3, 0.4) is 0 Å². The number of halogens is 2. The van der Waals surface area contributed by atoms with Gasteiger partial charge < -0.3 is 0 Å². The smallest absolute Gasteiger partial charge is 0.0239 e. The molecular formula is C16H16BrI. The Kier molecular flexibility index (Phi) is 4.17. The van der Waals surface area contributed by atoms with E-state index in [2.05, 4.69) is 90.5 Å². The zero-order valence-electron chi connectivity index (χ0n) is 11.1. The van der Waals surface area contributed by atoms with Crippen molar-refractivity contribution in [1.29, 1.82) is 0 Å². The molecule has 0 atom stereocenters. The van der Waals surface area contributed by atoms with Crippen molar-refractivity contribution >= 4 is 38.5 Å². The Labute approximate surface area is 131 Å². The maximum absolute atomic E-state index is 3.70. The number of hydrogen-bond donors (Lipinski definition) is 0. The van der Waals surface area contributed by atoms with E-state index in [1.807, 2.05) is 0 Å². The molecule has 0 saturated carbocycles. The summed E-state index contributed by atoms with van der Waals surface area (Å²) in [4.78, 5) is 0. The molecule has 0 radical (unpaired) electrons. The van der Waals surface area contributed by atoms with E-state index >= 15 is 0 Å². The summed E-state index contributed by atoms with van der Waals surface area (Å²) >= 11 is 6.04. The molecule has 2 aromatic rings. The molecule has 0 nitrogen and oxygen atoms in total. The van der Waals surface area contributed by atoms with Crippen molar-refractivity contribution in [3.8, 4) is 11.1 Å². The highest BCUT2D eigenvalue weighted by molar-refractivity contribution is 14.1. The van der Waals surface area contributed by atoms with Crippen molar-refractivity contribution in [2.75, 3.05) is 0 Å². The highest BCUT2D eigenvalue weighted by atomic mass is 127. The second-order valence-corrected chi connectivity index (χ2v) is 6.73. The van der Waals surface area contributed by atoms with Crippen LogP contribution in [0.2, 0.25) is 0 Å². The maximum atomic E-state index is 3.70. The molecule has 0 aliphatic carbocycles. The average Bonchev–Trinajstić information content (AvgIpc) is 2.36. The van der Waals surface area contributed by atoms with Crippen molar-refractivity contribution in [3.05, 3.63) is 54.6 Å². The number of hydrogen-bond acceptors (Lipinski definition) is 0. The molecule has 0 heterocycles. The molecule has 18 heavy (non-hydrogen) atoms. The summed E-state index contributed by atoms with van der Waals surface area (Å²) in [5.41, 5.74) is 8.10. The minimum Gasteiger partial charge on any atom is -0.0533 e. The molecule has 2 aromatic carbocycles. The van der Waals surface area contributed by atoms with Crippen molar-refractivity contribution in [3.63, 3.8) is 0 Å². The van der Waals surface area contributed by atoms with Crippen molar-refractivity contribution in [2.24, 2.45) is 0 Å². The van der Waals surface area contributed by atoms with Crippen LogP contribution < -0.4 is 0 Å². The van der Waals surface area contributed by atoms with Gasteiger partial charge in [0, 0.05) is 8.04 Å². The Bertz CT molecular complexity index is 568. The van der Waals surface area contributed by atoms with Crippen LogP contribution in [0, 0.1) is 31.3 Å². The fourth-order valence-electron chi connectivity index (χ4n) is 2.32. The standard InChI is InChI=1S/C16H16BrI/c1-9-11(3)16(17)12(4)10(2)15(9)13-5-7-14(18)8-6-13/h5-8H,1-4H3. The molecule has 0 aliphatic rings. The zero-order valence-corrected chi connectivity index (χ0v) is 14.8. The molecule has 0 bridgehead atoms. The normalized spacial score (nSPS) is 10.8. The first-order chi connectivity index (χ1) is 8.43. The highest BCUT2D eigenvalue weighted by Gasteiger charge is 2.14. The van der Waals surface area contributed by atoms with E-state index in [4.69, 9.17) is 0 Å². The summed E-state index contributed by atoms with van der Waals surface area (Å²) in [6.45, 7) is 8.78. The summed E-state index contributed by atoms with van der Waals surface area (Å²) in [7, 11) is 0. The Balaban J connectivity index is 2.75. The molecule has 0 N–H and O–H groups in total. The van der Waals surface area contributed by atoms with Crippen LogP contribution in [0.4, 0.5) is 0 Å². The predicted octanol–water partition coefficient (Wildman–Crippen LogP) is 5.95. The van der Waals surface area contributed by atoms with Gasteiger partial charge in [-0.3, -0.25) is 0 Å². The van der Waals surface area contributed by atoms with Gasteiger partial charge in [0.1, 0.15) is 0 Å². The average molecular weight is 415 g/mol. The summed E-state index contributed by atoms with van der Waals surface area (Å²) in [6, 6.07) is 8.76. The van der Waals surface area contributed by atoms with Crippen molar-refractivity contribution in [1.82, 2.24) is 0 Å². The topological polar surface area (TPSA) is 0 Å². The first-order valence-corrected chi connectivity index (χ1v) is 7.82. The monoisotopic (exact) mass is 414 g/mol. The Hall–Kier alpha value is -0.350. The number of rotatable bonds is 1. The quantitative estimate of drug-likeness (QED) is 0.505. The van der Waals surface area contributed by atoms with E-state index in [1.165, 1.54) is 41.4 Å². The third-order valence-electron chi connectivity index (χ3n) is 3.67. The molecule has 0 unspecified atom stereocenters. The van der Waals surface area contributed by atoms with Gasteiger partial charge >= 0.3 is 0 Å². The van der Waals surface area contributed by atoms with Crippen molar-refractivity contribution in [2.45, 2.75) is 27.7 Å². The Morgan fingerprint density at radius 2 is 1.22 bits per heavy atom. The van der Waals surface area contributed by atoms with Gasteiger partial charge in [-0.05, 0) is 95.8 Å². The van der Waals surface area contributed by atoms with Crippen LogP contribution in [-0.2, 0) is 0 Å². The Morgan fingerprint density at radius 3 is 1.67 bits per heavy atom. The molecule has 94 valence electrons. The molecule has 0 saturated heterocycles. The van der Waals surface area contributed by atoms with Crippen LogP contribution in [0.25, 0.3) is 11.1 Å².